The van der Waals surface area contributed by atoms with Gasteiger partial charge in [-0.05, 0) is 24.3 Å². The lowest BCUT2D eigenvalue weighted by Gasteiger charge is -1.87. The fraction of sp³-hybridized carbons (Fsp3) is 0. The van der Waals surface area contributed by atoms with Crippen LogP contribution in [0, 0.1) is 5.82 Å². The maximum Gasteiger partial charge on any atom is 0.123 e. The lowest BCUT2D eigenvalue weighted by molar-refractivity contribution is 0.628. The quantitative estimate of drug-likeness (QED) is 0.403. The number of benzene rings is 1. The monoisotopic (exact) mass is 122 g/mol. The SMILES string of the molecule is Nc1ccc(F)cc1.[B]. The van der Waals surface area contributed by atoms with Crippen LogP contribution in [0.25, 0.3) is 0 Å². The van der Waals surface area contributed by atoms with E-state index in [9.17, 15) is 4.39 Å². The van der Waals surface area contributed by atoms with Crippen molar-refractivity contribution in [3.05, 3.63) is 30.1 Å². The number of hydrogen-bond acceptors (Lipinski definition) is 1. The molecular formula is C6H6BFN. The largest absolute Gasteiger partial charge is 0.399 e. The lowest BCUT2D eigenvalue weighted by Crippen LogP contribution is -1.82. The highest BCUT2D eigenvalue weighted by Gasteiger charge is 1.83. The second kappa shape index (κ2) is 3.12. The average Bonchev–Trinajstić information content (AvgIpc) is 1.77. The van der Waals surface area contributed by atoms with E-state index in [2.05, 4.69) is 0 Å². The van der Waals surface area contributed by atoms with Gasteiger partial charge in [-0.25, -0.2) is 4.39 Å². The van der Waals surface area contributed by atoms with Crippen molar-refractivity contribution in [2.75, 3.05) is 5.73 Å². The Labute approximate surface area is 55.3 Å². The van der Waals surface area contributed by atoms with Crippen LogP contribution in [0.4, 0.5) is 10.1 Å². The van der Waals surface area contributed by atoms with E-state index in [4.69, 9.17) is 5.73 Å². The zero-order valence-electron chi connectivity index (χ0n) is 4.84. The van der Waals surface area contributed by atoms with E-state index in [1.807, 2.05) is 0 Å². The molecule has 45 valence electrons. The zero-order valence-corrected chi connectivity index (χ0v) is 4.84. The molecule has 0 saturated carbocycles. The molecule has 0 heterocycles. The average molecular weight is 122 g/mol. The van der Waals surface area contributed by atoms with E-state index in [1.165, 1.54) is 24.3 Å². The third-order valence-corrected chi connectivity index (χ3v) is 0.870. The number of anilines is 1. The number of hydrogen-bond donors (Lipinski definition) is 1. The van der Waals surface area contributed by atoms with Crippen molar-refractivity contribution in [1.82, 2.24) is 0 Å². The Morgan fingerprint density at radius 2 is 1.56 bits per heavy atom. The smallest absolute Gasteiger partial charge is 0.123 e. The molecule has 2 N–H and O–H groups in total. The van der Waals surface area contributed by atoms with Crippen molar-refractivity contribution in [2.24, 2.45) is 0 Å². The number of halogens is 1. The molecule has 0 unspecified atom stereocenters. The van der Waals surface area contributed by atoms with Gasteiger partial charge in [-0.15, -0.1) is 0 Å². The predicted molar refractivity (Wildman–Crippen MR) is 36.6 cm³/mol. The normalized spacial score (nSPS) is 8.11. The van der Waals surface area contributed by atoms with Crippen LogP contribution in [0.15, 0.2) is 24.3 Å². The van der Waals surface area contributed by atoms with Gasteiger partial charge in [0.15, 0.2) is 0 Å². The Kier molecular flexibility index (Phi) is 2.78. The van der Waals surface area contributed by atoms with Gasteiger partial charge >= 0.3 is 0 Å². The fourth-order valence-corrected chi connectivity index (χ4v) is 0.463. The molecule has 0 aromatic heterocycles. The summed E-state index contributed by atoms with van der Waals surface area (Å²) in [6, 6.07) is 5.70. The van der Waals surface area contributed by atoms with Crippen molar-refractivity contribution >= 4 is 14.1 Å². The van der Waals surface area contributed by atoms with Crippen LogP contribution in [0.2, 0.25) is 0 Å². The van der Waals surface area contributed by atoms with Gasteiger partial charge in [-0.3, -0.25) is 0 Å². The molecule has 3 radical (unpaired) electrons. The van der Waals surface area contributed by atoms with E-state index < -0.39 is 0 Å². The first kappa shape index (κ1) is 8.01. The van der Waals surface area contributed by atoms with Gasteiger partial charge in [0.2, 0.25) is 0 Å². The minimum absolute atomic E-state index is 0. The maximum atomic E-state index is 12.0. The van der Waals surface area contributed by atoms with Gasteiger partial charge in [0.05, 0.1) is 0 Å². The van der Waals surface area contributed by atoms with Crippen LogP contribution >= 0.6 is 0 Å². The minimum Gasteiger partial charge on any atom is -0.399 e. The van der Waals surface area contributed by atoms with E-state index in [-0.39, 0.29) is 14.2 Å². The standard InChI is InChI=1S/C6H6FN.B/c7-5-1-3-6(8)4-2-5;/h1-4H,8H2;. The molecule has 0 amide bonds. The molecule has 0 fully saturated rings. The molecule has 1 nitrogen and oxygen atoms in total. The second-order valence-electron chi connectivity index (χ2n) is 1.55. The maximum absolute atomic E-state index is 12.0. The van der Waals surface area contributed by atoms with E-state index in [1.54, 1.807) is 0 Å². The fourth-order valence-electron chi connectivity index (χ4n) is 0.463. The molecule has 1 rings (SSSR count). The van der Waals surface area contributed by atoms with E-state index in [0.717, 1.165) is 0 Å². The van der Waals surface area contributed by atoms with Gasteiger partial charge in [-0.2, -0.15) is 0 Å². The lowest BCUT2D eigenvalue weighted by atomic mass is 10.3. The van der Waals surface area contributed by atoms with Gasteiger partial charge in [0.25, 0.3) is 0 Å². The molecule has 1 aromatic carbocycles. The van der Waals surface area contributed by atoms with Crippen molar-refractivity contribution in [2.45, 2.75) is 0 Å². The van der Waals surface area contributed by atoms with Crippen molar-refractivity contribution < 1.29 is 4.39 Å². The Morgan fingerprint density at radius 3 is 1.89 bits per heavy atom. The highest BCUT2D eigenvalue weighted by Crippen LogP contribution is 2.01. The second-order valence-corrected chi connectivity index (χ2v) is 1.55. The first-order valence-corrected chi connectivity index (χ1v) is 2.30. The first-order valence-electron chi connectivity index (χ1n) is 2.30. The molecule has 1 aromatic rings. The molecule has 0 aliphatic heterocycles. The summed E-state index contributed by atoms with van der Waals surface area (Å²) in [6.45, 7) is 0. The predicted octanol–water partition coefficient (Wildman–Crippen LogP) is 1.03. The molecule has 0 bridgehead atoms. The summed E-state index contributed by atoms with van der Waals surface area (Å²) in [7, 11) is 0. The summed E-state index contributed by atoms with van der Waals surface area (Å²) in [4.78, 5) is 0. The third kappa shape index (κ3) is 2.17. The third-order valence-electron chi connectivity index (χ3n) is 0.870. The number of nitrogens with two attached hydrogens (primary N) is 1. The van der Waals surface area contributed by atoms with Crippen molar-refractivity contribution in [3.63, 3.8) is 0 Å². The summed E-state index contributed by atoms with van der Waals surface area (Å²) in [5.74, 6) is -0.251. The molecule has 0 aliphatic rings. The van der Waals surface area contributed by atoms with Gasteiger partial charge in [0, 0.05) is 14.1 Å². The summed E-state index contributed by atoms with van der Waals surface area (Å²) in [5, 5.41) is 0. The van der Waals surface area contributed by atoms with Gasteiger partial charge in [0.1, 0.15) is 5.82 Å². The first-order chi connectivity index (χ1) is 3.79. The van der Waals surface area contributed by atoms with Crippen LogP contribution in [-0.4, -0.2) is 8.41 Å². The Bertz CT molecular complexity index is 152. The molecule has 0 saturated heterocycles. The Hall–Kier alpha value is -0.985. The van der Waals surface area contributed by atoms with E-state index >= 15 is 0 Å². The minimum atomic E-state index is -0.251. The molecule has 0 spiro atoms. The number of rotatable bonds is 0. The van der Waals surface area contributed by atoms with Crippen molar-refractivity contribution in [1.29, 1.82) is 0 Å². The molecule has 9 heavy (non-hydrogen) atoms. The zero-order chi connectivity index (χ0) is 5.98. The van der Waals surface area contributed by atoms with Crippen molar-refractivity contribution in [3.8, 4) is 0 Å². The Morgan fingerprint density at radius 1 is 1.11 bits per heavy atom. The number of nitrogen functional groups attached to an aromatic ring is 1. The molecule has 0 atom stereocenters. The summed E-state index contributed by atoms with van der Waals surface area (Å²) in [5.41, 5.74) is 5.85. The van der Waals surface area contributed by atoms with Crippen LogP contribution in [-0.2, 0) is 0 Å². The summed E-state index contributed by atoms with van der Waals surface area (Å²) < 4.78 is 12.0. The summed E-state index contributed by atoms with van der Waals surface area (Å²) in [6.07, 6.45) is 0. The van der Waals surface area contributed by atoms with E-state index in [0.29, 0.717) is 5.69 Å². The molecule has 3 heteroatoms. The van der Waals surface area contributed by atoms with Crippen LogP contribution in [0.1, 0.15) is 0 Å². The van der Waals surface area contributed by atoms with Gasteiger partial charge in [-0.1, -0.05) is 0 Å². The molecular weight excluding hydrogens is 116 g/mol. The topological polar surface area (TPSA) is 26.0 Å². The van der Waals surface area contributed by atoms with Crippen LogP contribution in [0.3, 0.4) is 0 Å². The summed E-state index contributed by atoms with van der Waals surface area (Å²) >= 11 is 0. The van der Waals surface area contributed by atoms with Crippen LogP contribution < -0.4 is 5.73 Å². The highest BCUT2D eigenvalue weighted by atomic mass is 19.1. The Balaban J connectivity index is 0.000000640. The molecule has 0 aliphatic carbocycles. The van der Waals surface area contributed by atoms with Gasteiger partial charge < -0.3 is 5.73 Å². The van der Waals surface area contributed by atoms with Crippen LogP contribution in [0.5, 0.6) is 0 Å². The highest BCUT2D eigenvalue weighted by molar-refractivity contribution is 5.75.